The van der Waals surface area contributed by atoms with Crippen molar-refractivity contribution < 1.29 is 19.5 Å². The third-order valence-corrected chi connectivity index (χ3v) is 6.75. The standard InChI is InChI=1S/C29H27N3O4/c1-19-15-21(24-9-5-6-10-26(24)30-19)18-36-23-13-11-20(12-14-23)16-29(17-25(29)27(33)32-35)28(34)31-22-7-3-2-4-8-22/h2-15,25,35H,16-18H2,1H3,(H,31,34)(H,32,33)/t25-,29+/m1/s1. The second kappa shape index (κ2) is 9.79. The highest BCUT2D eigenvalue weighted by atomic mass is 16.5. The highest BCUT2D eigenvalue weighted by Crippen LogP contribution is 2.55. The zero-order valence-electron chi connectivity index (χ0n) is 19.9. The Labute approximate surface area is 209 Å². The van der Waals surface area contributed by atoms with Crippen LogP contribution in [-0.2, 0) is 22.6 Å². The third kappa shape index (κ3) is 4.78. The van der Waals surface area contributed by atoms with E-state index in [2.05, 4.69) is 10.3 Å². The van der Waals surface area contributed by atoms with Crippen molar-refractivity contribution in [1.29, 1.82) is 0 Å². The highest BCUT2D eigenvalue weighted by Gasteiger charge is 2.63. The molecular weight excluding hydrogens is 454 g/mol. The van der Waals surface area contributed by atoms with E-state index in [1.807, 2.05) is 79.7 Å². The van der Waals surface area contributed by atoms with Gasteiger partial charge in [0.1, 0.15) is 12.4 Å². The number of ether oxygens (including phenoxy) is 1. The number of benzene rings is 3. The first-order chi connectivity index (χ1) is 17.5. The molecule has 1 heterocycles. The van der Waals surface area contributed by atoms with Crippen molar-refractivity contribution in [3.8, 4) is 5.75 Å². The summed E-state index contributed by atoms with van der Waals surface area (Å²) in [6.07, 6.45) is 0.739. The molecule has 1 aliphatic carbocycles. The lowest BCUT2D eigenvalue weighted by Gasteiger charge is -2.18. The number of nitrogens with one attached hydrogen (secondary N) is 2. The molecule has 0 saturated heterocycles. The summed E-state index contributed by atoms with van der Waals surface area (Å²) in [7, 11) is 0. The van der Waals surface area contributed by atoms with Gasteiger partial charge in [0, 0.05) is 22.3 Å². The molecule has 2 atom stereocenters. The number of anilines is 1. The number of fused-ring (bicyclic) bond motifs is 1. The molecule has 0 bridgehead atoms. The maximum atomic E-state index is 13.2. The van der Waals surface area contributed by atoms with Crippen LogP contribution in [0, 0.1) is 18.3 Å². The van der Waals surface area contributed by atoms with Gasteiger partial charge in [-0.1, -0.05) is 48.5 Å². The summed E-state index contributed by atoms with van der Waals surface area (Å²) in [5.41, 5.74) is 5.30. The van der Waals surface area contributed by atoms with E-state index < -0.39 is 17.2 Å². The van der Waals surface area contributed by atoms with Crippen LogP contribution in [0.1, 0.15) is 23.2 Å². The molecule has 7 nitrogen and oxygen atoms in total. The van der Waals surface area contributed by atoms with Gasteiger partial charge in [-0.2, -0.15) is 0 Å². The van der Waals surface area contributed by atoms with E-state index >= 15 is 0 Å². The first-order valence-corrected chi connectivity index (χ1v) is 11.9. The Morgan fingerprint density at radius 3 is 2.50 bits per heavy atom. The largest absolute Gasteiger partial charge is 0.489 e. The molecule has 0 aliphatic heterocycles. The van der Waals surface area contributed by atoms with Gasteiger partial charge in [-0.15, -0.1) is 0 Å². The van der Waals surface area contributed by atoms with Crippen LogP contribution in [0.2, 0.25) is 0 Å². The van der Waals surface area contributed by atoms with E-state index in [0.717, 1.165) is 27.7 Å². The predicted molar refractivity (Wildman–Crippen MR) is 136 cm³/mol. The Balaban J connectivity index is 1.29. The number of hydroxylamine groups is 1. The fraction of sp³-hybridized carbons (Fsp3) is 0.207. The molecule has 0 unspecified atom stereocenters. The lowest BCUT2D eigenvalue weighted by atomic mass is 9.92. The van der Waals surface area contributed by atoms with Crippen LogP contribution in [-0.4, -0.2) is 22.0 Å². The van der Waals surface area contributed by atoms with Crippen LogP contribution < -0.4 is 15.5 Å². The molecule has 36 heavy (non-hydrogen) atoms. The van der Waals surface area contributed by atoms with Gasteiger partial charge in [0.25, 0.3) is 0 Å². The lowest BCUT2D eigenvalue weighted by Crippen LogP contribution is -2.33. The molecule has 7 heteroatoms. The van der Waals surface area contributed by atoms with Crippen LogP contribution in [0.15, 0.2) is 84.9 Å². The van der Waals surface area contributed by atoms with Gasteiger partial charge in [-0.3, -0.25) is 19.8 Å². The number of para-hydroxylation sites is 2. The van der Waals surface area contributed by atoms with Crippen LogP contribution >= 0.6 is 0 Å². The summed E-state index contributed by atoms with van der Waals surface area (Å²) >= 11 is 0. The SMILES string of the molecule is Cc1cc(COc2ccc(C[C@]3(C(=O)Nc4ccccc4)C[C@@H]3C(=O)NO)cc2)c2ccccc2n1. The molecule has 182 valence electrons. The Kier molecular flexibility index (Phi) is 6.40. The van der Waals surface area contributed by atoms with Crippen LogP contribution in [0.25, 0.3) is 10.9 Å². The van der Waals surface area contributed by atoms with Gasteiger partial charge in [-0.05, 0) is 61.7 Å². The Bertz CT molecular complexity index is 1410. The fourth-order valence-electron chi connectivity index (χ4n) is 4.77. The Morgan fingerprint density at radius 2 is 1.75 bits per heavy atom. The van der Waals surface area contributed by atoms with Crippen molar-refractivity contribution in [2.75, 3.05) is 5.32 Å². The second-order valence-corrected chi connectivity index (χ2v) is 9.26. The first-order valence-electron chi connectivity index (χ1n) is 11.9. The first kappa shape index (κ1) is 23.5. The molecular formula is C29H27N3O4. The zero-order valence-corrected chi connectivity index (χ0v) is 19.9. The fourth-order valence-corrected chi connectivity index (χ4v) is 4.77. The minimum absolute atomic E-state index is 0.234. The number of aryl methyl sites for hydroxylation is 1. The number of carbonyl (C=O) groups is 2. The van der Waals surface area contributed by atoms with Crippen LogP contribution in [0.3, 0.4) is 0 Å². The summed E-state index contributed by atoms with van der Waals surface area (Å²) < 4.78 is 6.05. The monoisotopic (exact) mass is 481 g/mol. The van der Waals surface area contributed by atoms with Crippen molar-refractivity contribution in [2.45, 2.75) is 26.4 Å². The van der Waals surface area contributed by atoms with Gasteiger partial charge in [0.05, 0.1) is 16.8 Å². The summed E-state index contributed by atoms with van der Waals surface area (Å²) in [6, 6.07) is 26.7. The molecule has 3 aromatic carbocycles. The van der Waals surface area contributed by atoms with Gasteiger partial charge >= 0.3 is 0 Å². The smallest absolute Gasteiger partial charge is 0.247 e. The van der Waals surface area contributed by atoms with E-state index in [1.54, 1.807) is 17.6 Å². The van der Waals surface area contributed by atoms with Gasteiger partial charge in [-0.25, -0.2) is 5.48 Å². The van der Waals surface area contributed by atoms with Crippen LogP contribution in [0.5, 0.6) is 5.75 Å². The average Bonchev–Trinajstić information content (AvgIpc) is 3.63. The Morgan fingerprint density at radius 1 is 1.03 bits per heavy atom. The van der Waals surface area contributed by atoms with E-state index in [0.29, 0.717) is 30.9 Å². The molecule has 2 amide bonds. The number of nitrogens with zero attached hydrogens (tertiary/aromatic N) is 1. The summed E-state index contributed by atoms with van der Waals surface area (Å²) in [4.78, 5) is 29.9. The number of hydrogen-bond donors (Lipinski definition) is 3. The number of aromatic nitrogens is 1. The van der Waals surface area contributed by atoms with Crippen molar-refractivity contribution in [2.24, 2.45) is 11.3 Å². The van der Waals surface area contributed by atoms with Gasteiger partial charge in [0.2, 0.25) is 11.8 Å². The number of hydrogen-bond acceptors (Lipinski definition) is 5. The topological polar surface area (TPSA) is 101 Å². The number of pyridine rings is 1. The molecule has 1 aliphatic rings. The molecule has 1 fully saturated rings. The average molecular weight is 482 g/mol. The van der Waals surface area contributed by atoms with Crippen molar-refractivity contribution >= 4 is 28.4 Å². The Hall–Kier alpha value is -4.23. The van der Waals surface area contributed by atoms with Crippen molar-refractivity contribution in [1.82, 2.24) is 10.5 Å². The minimum Gasteiger partial charge on any atom is -0.489 e. The molecule has 0 radical (unpaired) electrons. The molecule has 0 spiro atoms. The molecule has 1 aromatic heterocycles. The molecule has 5 rings (SSSR count). The quantitative estimate of drug-likeness (QED) is 0.248. The molecule has 1 saturated carbocycles. The molecule has 3 N–H and O–H groups in total. The molecule has 4 aromatic rings. The second-order valence-electron chi connectivity index (χ2n) is 9.26. The maximum absolute atomic E-state index is 13.2. The third-order valence-electron chi connectivity index (χ3n) is 6.75. The van der Waals surface area contributed by atoms with Crippen molar-refractivity contribution in [3.63, 3.8) is 0 Å². The van der Waals surface area contributed by atoms with Gasteiger partial charge < -0.3 is 10.1 Å². The van der Waals surface area contributed by atoms with Crippen LogP contribution in [0.4, 0.5) is 5.69 Å². The maximum Gasteiger partial charge on any atom is 0.247 e. The summed E-state index contributed by atoms with van der Waals surface area (Å²) in [6.45, 7) is 2.38. The number of amides is 2. The van der Waals surface area contributed by atoms with E-state index in [9.17, 15) is 9.59 Å². The number of carbonyl (C=O) groups excluding carboxylic acids is 2. The van der Waals surface area contributed by atoms with E-state index in [-0.39, 0.29) is 5.91 Å². The van der Waals surface area contributed by atoms with Crippen molar-refractivity contribution in [3.05, 3.63) is 102 Å². The summed E-state index contributed by atoms with van der Waals surface area (Å²) in [5, 5.41) is 13.1. The predicted octanol–water partition coefficient (Wildman–Crippen LogP) is 4.82. The zero-order chi connectivity index (χ0) is 25.1. The minimum atomic E-state index is -0.918. The number of rotatable bonds is 8. The lowest BCUT2D eigenvalue weighted by molar-refractivity contribution is -0.133. The summed E-state index contributed by atoms with van der Waals surface area (Å²) in [5.74, 6) is -0.661. The normalized spacial score (nSPS) is 18.4. The van der Waals surface area contributed by atoms with Gasteiger partial charge in [0.15, 0.2) is 0 Å². The van der Waals surface area contributed by atoms with E-state index in [1.165, 1.54) is 0 Å². The van der Waals surface area contributed by atoms with E-state index in [4.69, 9.17) is 9.94 Å². The highest BCUT2D eigenvalue weighted by molar-refractivity contribution is 6.02.